The number of benzene rings is 4. The van der Waals surface area contributed by atoms with E-state index in [9.17, 15) is 4.79 Å². The molecule has 0 saturated carbocycles. The van der Waals surface area contributed by atoms with Gasteiger partial charge in [0.1, 0.15) is 16.8 Å². The van der Waals surface area contributed by atoms with E-state index in [2.05, 4.69) is 62.3 Å². The quantitative estimate of drug-likeness (QED) is 0.239. The third-order valence-electron chi connectivity index (χ3n) is 6.57. The number of methoxy groups -OCH3 is 1. The fourth-order valence-corrected chi connectivity index (χ4v) is 5.28. The molecular weight excluding hydrogens is 530 g/mol. The maximum atomic E-state index is 13.4. The molecule has 5 aromatic rings. The van der Waals surface area contributed by atoms with Crippen LogP contribution in [0.15, 0.2) is 71.2 Å². The van der Waals surface area contributed by atoms with Crippen molar-refractivity contribution in [2.24, 2.45) is 0 Å². The largest absolute Gasteiger partial charge is 0.495 e. The number of anilines is 2. The summed E-state index contributed by atoms with van der Waals surface area (Å²) in [7, 11) is 1.57. The van der Waals surface area contributed by atoms with Gasteiger partial charge in [-0.2, -0.15) is 4.80 Å². The maximum absolute atomic E-state index is 13.4. The van der Waals surface area contributed by atoms with Gasteiger partial charge in [0.25, 0.3) is 5.91 Å². The number of ether oxygens (including phenoxy) is 1. The molecular formula is C29H28BrN5O2. The molecule has 0 saturated heterocycles. The van der Waals surface area contributed by atoms with Crippen LogP contribution in [0.25, 0.3) is 27.5 Å². The van der Waals surface area contributed by atoms with Gasteiger partial charge in [-0.15, -0.1) is 10.2 Å². The molecule has 0 bridgehead atoms. The Hall–Kier alpha value is -3.91. The summed E-state index contributed by atoms with van der Waals surface area (Å²) in [6.07, 6.45) is 0. The third kappa shape index (κ3) is 4.64. The molecule has 1 heterocycles. The second-order valence-electron chi connectivity index (χ2n) is 8.78. The van der Waals surface area contributed by atoms with Gasteiger partial charge >= 0.3 is 0 Å². The van der Waals surface area contributed by atoms with E-state index in [4.69, 9.17) is 4.74 Å². The summed E-state index contributed by atoms with van der Waals surface area (Å²) in [5.41, 5.74) is 5.51. The first kappa shape index (κ1) is 24.8. The molecule has 8 heteroatoms. The fraction of sp³-hybridized carbons (Fsp3) is 0.207. The van der Waals surface area contributed by atoms with Crippen LogP contribution in [0.4, 0.5) is 11.4 Å². The van der Waals surface area contributed by atoms with Crippen LogP contribution in [0, 0.1) is 6.92 Å². The molecule has 1 amide bonds. The van der Waals surface area contributed by atoms with Crippen molar-refractivity contribution < 1.29 is 9.53 Å². The smallest absolute Gasteiger partial charge is 0.259 e. The SMILES string of the molecule is CCN(CC)c1ccc(-n2nc3cc(C)c(NC(=O)c4cc5ccccc5c(Br)c4OC)cc3n2)cc1. The van der Waals surface area contributed by atoms with Crippen molar-refractivity contribution in [2.75, 3.05) is 30.4 Å². The van der Waals surface area contributed by atoms with E-state index in [0.717, 1.165) is 45.1 Å². The average molecular weight is 558 g/mol. The molecule has 37 heavy (non-hydrogen) atoms. The molecule has 0 aliphatic carbocycles. The van der Waals surface area contributed by atoms with E-state index in [-0.39, 0.29) is 5.91 Å². The number of carbonyl (C=O) groups is 1. The highest BCUT2D eigenvalue weighted by molar-refractivity contribution is 9.10. The Morgan fingerprint density at radius 2 is 1.68 bits per heavy atom. The van der Waals surface area contributed by atoms with Crippen molar-refractivity contribution in [1.82, 2.24) is 15.0 Å². The van der Waals surface area contributed by atoms with Crippen LogP contribution in [0.1, 0.15) is 29.8 Å². The summed E-state index contributed by atoms with van der Waals surface area (Å²) >= 11 is 3.61. The first-order valence-electron chi connectivity index (χ1n) is 12.2. The van der Waals surface area contributed by atoms with Crippen molar-refractivity contribution in [3.05, 3.63) is 82.3 Å². The fourth-order valence-electron chi connectivity index (χ4n) is 4.55. The number of fused-ring (bicyclic) bond motifs is 2. The molecule has 0 unspecified atom stereocenters. The van der Waals surface area contributed by atoms with Gasteiger partial charge in [0.15, 0.2) is 0 Å². The molecule has 0 atom stereocenters. The lowest BCUT2D eigenvalue weighted by atomic mass is 10.0. The third-order valence-corrected chi connectivity index (χ3v) is 7.36. The van der Waals surface area contributed by atoms with Gasteiger partial charge in [0.2, 0.25) is 0 Å². The van der Waals surface area contributed by atoms with E-state index < -0.39 is 0 Å². The van der Waals surface area contributed by atoms with Gasteiger partial charge in [-0.1, -0.05) is 24.3 Å². The predicted octanol–water partition coefficient (Wildman–Crippen LogP) is 6.75. The van der Waals surface area contributed by atoms with Gasteiger partial charge < -0.3 is 15.0 Å². The maximum Gasteiger partial charge on any atom is 0.259 e. The molecule has 7 nitrogen and oxygen atoms in total. The van der Waals surface area contributed by atoms with Gasteiger partial charge in [-0.25, -0.2) is 0 Å². The summed E-state index contributed by atoms with van der Waals surface area (Å²) in [6, 6.07) is 21.7. The van der Waals surface area contributed by atoms with Crippen LogP contribution in [-0.4, -0.2) is 41.1 Å². The molecule has 0 fully saturated rings. The predicted molar refractivity (Wildman–Crippen MR) is 153 cm³/mol. The van der Waals surface area contributed by atoms with Crippen LogP contribution in [0.5, 0.6) is 5.75 Å². The minimum Gasteiger partial charge on any atom is -0.495 e. The molecule has 5 rings (SSSR count). The van der Waals surface area contributed by atoms with E-state index in [0.29, 0.717) is 22.5 Å². The van der Waals surface area contributed by atoms with E-state index >= 15 is 0 Å². The zero-order valence-electron chi connectivity index (χ0n) is 21.2. The molecule has 1 N–H and O–H groups in total. The number of rotatable bonds is 7. The number of hydrogen-bond donors (Lipinski definition) is 1. The van der Waals surface area contributed by atoms with Gasteiger partial charge in [0.05, 0.1) is 22.8 Å². The van der Waals surface area contributed by atoms with Crippen molar-refractivity contribution in [2.45, 2.75) is 20.8 Å². The second-order valence-corrected chi connectivity index (χ2v) is 9.57. The van der Waals surface area contributed by atoms with Crippen molar-refractivity contribution >= 4 is 55.0 Å². The molecule has 0 aliphatic rings. The van der Waals surface area contributed by atoms with Crippen LogP contribution in [0.2, 0.25) is 0 Å². The minimum absolute atomic E-state index is 0.259. The lowest BCUT2D eigenvalue weighted by Crippen LogP contribution is -2.21. The Morgan fingerprint density at radius 1 is 1.00 bits per heavy atom. The van der Waals surface area contributed by atoms with Crippen LogP contribution >= 0.6 is 15.9 Å². The van der Waals surface area contributed by atoms with Crippen molar-refractivity contribution in [3.8, 4) is 11.4 Å². The van der Waals surface area contributed by atoms with Crippen molar-refractivity contribution in [1.29, 1.82) is 0 Å². The van der Waals surface area contributed by atoms with Gasteiger partial charge in [-0.05, 0) is 95.5 Å². The number of carbonyl (C=O) groups excluding carboxylic acids is 1. The first-order valence-corrected chi connectivity index (χ1v) is 13.0. The minimum atomic E-state index is -0.259. The summed E-state index contributed by atoms with van der Waals surface area (Å²) < 4.78 is 6.35. The Kier molecular flexibility index (Phi) is 6.84. The van der Waals surface area contributed by atoms with Gasteiger partial charge in [-0.3, -0.25) is 4.79 Å². The van der Waals surface area contributed by atoms with E-state index in [1.54, 1.807) is 11.9 Å². The average Bonchev–Trinajstić information content (AvgIpc) is 3.32. The summed E-state index contributed by atoms with van der Waals surface area (Å²) in [6.45, 7) is 8.14. The number of aromatic nitrogens is 3. The molecule has 188 valence electrons. The monoisotopic (exact) mass is 557 g/mol. The highest BCUT2D eigenvalue weighted by Crippen LogP contribution is 2.37. The Bertz CT molecular complexity index is 1610. The molecule has 0 radical (unpaired) electrons. The number of hydrogen-bond acceptors (Lipinski definition) is 5. The zero-order valence-corrected chi connectivity index (χ0v) is 22.8. The number of nitrogens with zero attached hydrogens (tertiary/aromatic N) is 4. The number of nitrogens with one attached hydrogen (secondary N) is 1. The van der Waals surface area contributed by atoms with E-state index in [1.807, 2.05) is 61.5 Å². The molecule has 0 spiro atoms. The van der Waals surface area contributed by atoms with Crippen LogP contribution < -0.4 is 15.0 Å². The summed E-state index contributed by atoms with van der Waals surface area (Å²) in [4.78, 5) is 17.3. The molecule has 0 aliphatic heterocycles. The highest BCUT2D eigenvalue weighted by atomic mass is 79.9. The topological polar surface area (TPSA) is 72.3 Å². The lowest BCUT2D eigenvalue weighted by molar-refractivity contribution is 0.102. The number of aryl methyl sites for hydroxylation is 1. The molecule has 1 aromatic heterocycles. The summed E-state index contributed by atoms with van der Waals surface area (Å²) in [5.74, 6) is 0.235. The van der Waals surface area contributed by atoms with E-state index in [1.165, 1.54) is 5.69 Å². The van der Waals surface area contributed by atoms with Crippen LogP contribution in [0.3, 0.4) is 0 Å². The summed E-state index contributed by atoms with van der Waals surface area (Å²) in [5, 5.41) is 14.3. The first-order chi connectivity index (χ1) is 17.9. The number of amides is 1. The zero-order chi connectivity index (χ0) is 26.1. The van der Waals surface area contributed by atoms with Crippen molar-refractivity contribution in [3.63, 3.8) is 0 Å². The lowest BCUT2D eigenvalue weighted by Gasteiger charge is -2.20. The second kappa shape index (κ2) is 10.2. The molecule has 4 aromatic carbocycles. The standard InChI is InChI=1S/C29H28BrN5O2/c1-5-34(6-2)20-11-13-21(14-12-20)35-32-25-15-18(3)24(17-26(25)33-35)31-29(36)23-16-19-9-7-8-10-22(19)27(30)28(23)37-4/h7-17H,5-6H2,1-4H3,(H,31,36). The number of halogens is 1. The Labute approximate surface area is 224 Å². The van der Waals surface area contributed by atoms with Crippen LogP contribution in [-0.2, 0) is 0 Å². The Morgan fingerprint density at radius 3 is 2.35 bits per heavy atom. The Balaban J connectivity index is 1.46. The normalized spacial score (nSPS) is 11.2. The van der Waals surface area contributed by atoms with Gasteiger partial charge in [0, 0.05) is 24.5 Å². The highest BCUT2D eigenvalue weighted by Gasteiger charge is 2.19.